The van der Waals surface area contributed by atoms with Crippen molar-refractivity contribution in [2.24, 2.45) is 0 Å². The molecule has 0 bridgehead atoms. The highest BCUT2D eigenvalue weighted by molar-refractivity contribution is 6.60. The van der Waals surface area contributed by atoms with Crippen molar-refractivity contribution in [3.05, 3.63) is 30.3 Å². The molecule has 1 aromatic carbocycles. The molecule has 0 aromatic heterocycles. The van der Waals surface area contributed by atoms with Gasteiger partial charge in [0.05, 0.1) is 0 Å². The Balaban J connectivity index is 0.000000584. The third-order valence-corrected chi connectivity index (χ3v) is 9.38. The standard InChI is InChI=1S/C12H21NO3Si.C8H20O4Si/c1-14-17(15-2,16-3)11-7-10-13-12-8-5-4-6-9-12;1-5-9-13(10-6-2,11-7-3)12-8-4/h4-6,8-9,13H,7,10-11H2,1-3H3;5-8H2,1-4H3. The second kappa shape index (κ2) is 17.8. The predicted molar refractivity (Wildman–Crippen MR) is 123 cm³/mol. The summed E-state index contributed by atoms with van der Waals surface area (Å²) in [7, 11) is -0.263. The van der Waals surface area contributed by atoms with Gasteiger partial charge in [-0.25, -0.2) is 0 Å². The van der Waals surface area contributed by atoms with E-state index >= 15 is 0 Å². The van der Waals surface area contributed by atoms with Crippen LogP contribution in [0.3, 0.4) is 0 Å². The van der Waals surface area contributed by atoms with E-state index in [1.807, 2.05) is 58.0 Å². The van der Waals surface area contributed by atoms with Gasteiger partial charge in [0.15, 0.2) is 0 Å². The summed E-state index contributed by atoms with van der Waals surface area (Å²) in [5.41, 5.74) is 1.13. The van der Waals surface area contributed by atoms with Crippen LogP contribution < -0.4 is 5.32 Å². The van der Waals surface area contributed by atoms with E-state index in [4.69, 9.17) is 31.0 Å². The van der Waals surface area contributed by atoms with E-state index in [1.165, 1.54) is 0 Å². The summed E-state index contributed by atoms with van der Waals surface area (Å²) >= 11 is 0. The zero-order valence-electron chi connectivity index (χ0n) is 19.7. The van der Waals surface area contributed by atoms with Crippen molar-refractivity contribution in [1.82, 2.24) is 0 Å². The molecule has 30 heavy (non-hydrogen) atoms. The van der Waals surface area contributed by atoms with Gasteiger partial charge in [0.1, 0.15) is 0 Å². The minimum absolute atomic E-state index is 0.548. The van der Waals surface area contributed by atoms with Crippen LogP contribution >= 0.6 is 0 Å². The molecule has 0 saturated carbocycles. The number of benzene rings is 1. The maximum absolute atomic E-state index is 5.42. The Kier molecular flexibility index (Phi) is 17.3. The van der Waals surface area contributed by atoms with Gasteiger partial charge in [-0.1, -0.05) is 18.2 Å². The van der Waals surface area contributed by atoms with Crippen molar-refractivity contribution in [1.29, 1.82) is 0 Å². The topological polar surface area (TPSA) is 76.6 Å². The van der Waals surface area contributed by atoms with Crippen LogP contribution in [0.2, 0.25) is 6.04 Å². The highest BCUT2D eigenvalue weighted by Crippen LogP contribution is 2.15. The molecule has 8 nitrogen and oxygen atoms in total. The van der Waals surface area contributed by atoms with E-state index in [2.05, 4.69) is 5.32 Å². The number of hydrogen-bond acceptors (Lipinski definition) is 8. The Morgan fingerprint density at radius 1 is 0.700 bits per heavy atom. The Morgan fingerprint density at radius 2 is 1.13 bits per heavy atom. The normalized spacial score (nSPS) is 11.7. The smallest absolute Gasteiger partial charge is 0.385 e. The molecule has 0 fully saturated rings. The van der Waals surface area contributed by atoms with E-state index in [9.17, 15) is 0 Å². The third kappa shape index (κ3) is 11.5. The van der Waals surface area contributed by atoms with Crippen molar-refractivity contribution in [3.8, 4) is 0 Å². The highest BCUT2D eigenvalue weighted by atomic mass is 28.4. The maximum Gasteiger partial charge on any atom is 0.679 e. The van der Waals surface area contributed by atoms with Gasteiger partial charge < -0.3 is 36.3 Å². The van der Waals surface area contributed by atoms with E-state index < -0.39 is 17.9 Å². The Morgan fingerprint density at radius 3 is 1.50 bits per heavy atom. The van der Waals surface area contributed by atoms with Gasteiger partial charge in [-0.05, 0) is 46.2 Å². The van der Waals surface area contributed by atoms with Crippen molar-refractivity contribution >= 4 is 23.5 Å². The number of anilines is 1. The second-order valence-corrected chi connectivity index (χ2v) is 11.2. The van der Waals surface area contributed by atoms with Crippen molar-refractivity contribution in [2.75, 3.05) is 59.6 Å². The van der Waals surface area contributed by atoms with Gasteiger partial charge in [-0.2, -0.15) is 0 Å². The lowest BCUT2D eigenvalue weighted by Crippen LogP contribution is -2.49. The predicted octanol–water partition coefficient (Wildman–Crippen LogP) is 3.93. The number of nitrogens with one attached hydrogen (secondary N) is 1. The van der Waals surface area contributed by atoms with Gasteiger partial charge in [0, 0.05) is 66.0 Å². The molecule has 0 unspecified atom stereocenters. The average Bonchev–Trinajstić information content (AvgIpc) is 2.76. The summed E-state index contributed by atoms with van der Waals surface area (Å²) in [5.74, 6) is 0. The zero-order valence-corrected chi connectivity index (χ0v) is 21.7. The Hall–Kier alpha value is -0.826. The molecule has 0 spiro atoms. The van der Waals surface area contributed by atoms with Gasteiger partial charge in [0.2, 0.25) is 0 Å². The summed E-state index contributed by atoms with van der Waals surface area (Å²) in [4.78, 5) is 0. The molecule has 10 heteroatoms. The summed E-state index contributed by atoms with van der Waals surface area (Å²) in [6, 6.07) is 10.9. The van der Waals surface area contributed by atoms with Gasteiger partial charge in [0.25, 0.3) is 0 Å². The largest absolute Gasteiger partial charge is 0.679 e. The molecule has 1 rings (SSSR count). The van der Waals surface area contributed by atoms with Crippen LogP contribution in [-0.2, 0) is 31.0 Å². The number of hydrogen-bond donors (Lipinski definition) is 1. The van der Waals surface area contributed by atoms with Gasteiger partial charge in [-0.15, -0.1) is 0 Å². The van der Waals surface area contributed by atoms with E-state index in [-0.39, 0.29) is 0 Å². The lowest BCUT2D eigenvalue weighted by atomic mass is 10.3. The minimum Gasteiger partial charge on any atom is -0.385 e. The van der Waals surface area contributed by atoms with E-state index in [0.717, 1.165) is 24.7 Å². The van der Waals surface area contributed by atoms with Gasteiger partial charge in [-0.3, -0.25) is 0 Å². The fourth-order valence-electron chi connectivity index (χ4n) is 2.61. The van der Waals surface area contributed by atoms with Crippen LogP contribution in [-0.4, -0.2) is 72.2 Å². The number of para-hydroxylation sites is 1. The molecular formula is C20H41NO7Si2. The lowest BCUT2D eigenvalue weighted by Gasteiger charge is -2.26. The molecular weight excluding hydrogens is 422 g/mol. The van der Waals surface area contributed by atoms with Crippen LogP contribution in [0.15, 0.2) is 30.3 Å². The van der Waals surface area contributed by atoms with Gasteiger partial charge >= 0.3 is 17.9 Å². The molecule has 0 aliphatic rings. The SMILES string of the molecule is CCO[Si](OCC)(OCC)OCC.CO[Si](CCCNc1ccccc1)(OC)OC. The van der Waals surface area contributed by atoms with Crippen molar-refractivity contribution < 1.29 is 31.0 Å². The number of rotatable bonds is 16. The zero-order chi connectivity index (χ0) is 22.7. The summed E-state index contributed by atoms with van der Waals surface area (Å²) in [6.45, 7) is 10.7. The third-order valence-electron chi connectivity index (χ3n) is 3.98. The monoisotopic (exact) mass is 463 g/mol. The van der Waals surface area contributed by atoms with Crippen LogP contribution in [0.25, 0.3) is 0 Å². The first-order valence-electron chi connectivity index (χ1n) is 10.5. The molecule has 0 amide bonds. The van der Waals surface area contributed by atoms with Crippen LogP contribution in [0.5, 0.6) is 0 Å². The fraction of sp³-hybridized carbons (Fsp3) is 0.700. The van der Waals surface area contributed by atoms with Crippen LogP contribution in [0, 0.1) is 0 Å². The summed E-state index contributed by atoms with van der Waals surface area (Å²) in [6.07, 6.45) is 0.955. The maximum atomic E-state index is 5.42. The molecule has 0 atom stereocenters. The van der Waals surface area contributed by atoms with Crippen molar-refractivity contribution in [2.45, 2.75) is 40.2 Å². The first kappa shape index (κ1) is 29.2. The first-order valence-corrected chi connectivity index (χ1v) is 14.1. The molecule has 1 aromatic rings. The Bertz CT molecular complexity index is 469. The van der Waals surface area contributed by atoms with Crippen molar-refractivity contribution in [3.63, 3.8) is 0 Å². The van der Waals surface area contributed by atoms with Crippen LogP contribution in [0.1, 0.15) is 34.1 Å². The fourth-order valence-corrected chi connectivity index (χ4v) is 6.24. The molecule has 0 aliphatic heterocycles. The summed E-state index contributed by atoms with van der Waals surface area (Å²) in [5, 5.41) is 3.35. The first-order chi connectivity index (χ1) is 14.5. The molecule has 0 radical (unpaired) electrons. The average molecular weight is 464 g/mol. The molecule has 176 valence electrons. The molecule has 1 N–H and O–H groups in total. The molecule has 0 saturated heterocycles. The highest BCUT2D eigenvalue weighted by Gasteiger charge is 2.44. The van der Waals surface area contributed by atoms with Crippen LogP contribution in [0.4, 0.5) is 5.69 Å². The quantitative estimate of drug-likeness (QED) is 0.292. The lowest BCUT2D eigenvalue weighted by molar-refractivity contribution is -0.0247. The Labute approximate surface area is 185 Å². The second-order valence-electron chi connectivity index (χ2n) is 5.92. The minimum atomic E-state index is -2.80. The molecule has 0 aliphatic carbocycles. The molecule has 0 heterocycles. The van der Waals surface area contributed by atoms with E-state index in [0.29, 0.717) is 26.4 Å². The summed E-state index contributed by atoms with van der Waals surface area (Å²) < 4.78 is 37.8. The van der Waals surface area contributed by atoms with E-state index in [1.54, 1.807) is 21.3 Å².